The number of hydrogen-bond acceptors (Lipinski definition) is 2. The molecule has 0 unspecified atom stereocenters. The molecule has 4 nitrogen and oxygen atoms in total. The van der Waals surface area contributed by atoms with Crippen LogP contribution in [0.2, 0.25) is 0 Å². The zero-order chi connectivity index (χ0) is 16.1. The fourth-order valence-electron chi connectivity index (χ4n) is 2.54. The van der Waals surface area contributed by atoms with Gasteiger partial charge in [-0.15, -0.1) is 0 Å². The van der Waals surface area contributed by atoms with Crippen molar-refractivity contribution in [2.24, 2.45) is 5.92 Å². The molecule has 2 rings (SSSR count). The van der Waals surface area contributed by atoms with Gasteiger partial charge >= 0.3 is 0 Å². The highest BCUT2D eigenvalue weighted by Crippen LogP contribution is 2.19. The lowest BCUT2D eigenvalue weighted by Gasteiger charge is -2.18. The van der Waals surface area contributed by atoms with Crippen molar-refractivity contribution in [1.29, 1.82) is 0 Å². The third-order valence-corrected chi connectivity index (χ3v) is 4.17. The highest BCUT2D eigenvalue weighted by molar-refractivity contribution is 5.89. The summed E-state index contributed by atoms with van der Waals surface area (Å²) in [5, 5.41) is 2.93. The lowest BCUT2D eigenvalue weighted by atomic mass is 10.1. The zero-order valence-electron chi connectivity index (χ0n) is 13.1. The van der Waals surface area contributed by atoms with Crippen molar-refractivity contribution in [3.8, 4) is 0 Å². The van der Waals surface area contributed by atoms with Crippen molar-refractivity contribution < 1.29 is 14.0 Å². The summed E-state index contributed by atoms with van der Waals surface area (Å²) in [6.45, 7) is 5.01. The standard InChI is InChI=1S/C17H23FN2O2/c1-3-12(2)19-17(22)14-10-16(21)20(11-14)9-8-13-4-6-15(18)7-5-13/h4-7,12,14H,3,8-11H2,1-2H3,(H,19,22)/t12-,14+/m1/s1. The Bertz CT molecular complexity index is 530. The molecule has 0 aromatic heterocycles. The van der Waals surface area contributed by atoms with E-state index in [1.54, 1.807) is 17.0 Å². The molecule has 5 heteroatoms. The SMILES string of the molecule is CC[C@@H](C)NC(=O)[C@H]1CC(=O)N(CCc2ccc(F)cc2)C1. The lowest BCUT2D eigenvalue weighted by Crippen LogP contribution is -2.38. The van der Waals surface area contributed by atoms with Crippen LogP contribution in [0.25, 0.3) is 0 Å². The molecule has 0 saturated carbocycles. The van der Waals surface area contributed by atoms with Crippen LogP contribution < -0.4 is 5.32 Å². The van der Waals surface area contributed by atoms with E-state index in [4.69, 9.17) is 0 Å². The molecule has 1 fully saturated rings. The summed E-state index contributed by atoms with van der Waals surface area (Å²) in [4.78, 5) is 25.8. The van der Waals surface area contributed by atoms with Gasteiger partial charge in [-0.05, 0) is 37.5 Å². The van der Waals surface area contributed by atoms with E-state index in [-0.39, 0.29) is 36.0 Å². The van der Waals surface area contributed by atoms with Gasteiger partial charge in [-0.25, -0.2) is 4.39 Å². The second-order valence-corrected chi connectivity index (χ2v) is 5.94. The molecule has 1 aromatic rings. The molecule has 1 heterocycles. The Morgan fingerprint density at radius 1 is 1.41 bits per heavy atom. The number of nitrogens with one attached hydrogen (secondary N) is 1. The minimum absolute atomic E-state index is 0.0198. The van der Waals surface area contributed by atoms with Gasteiger partial charge < -0.3 is 10.2 Å². The molecule has 120 valence electrons. The summed E-state index contributed by atoms with van der Waals surface area (Å²) in [6.07, 6.45) is 1.83. The molecule has 1 aliphatic rings. The fraction of sp³-hybridized carbons (Fsp3) is 0.529. The smallest absolute Gasteiger partial charge is 0.225 e. The Morgan fingerprint density at radius 3 is 2.73 bits per heavy atom. The van der Waals surface area contributed by atoms with E-state index in [0.29, 0.717) is 19.5 Å². The van der Waals surface area contributed by atoms with Crippen LogP contribution in [-0.2, 0) is 16.0 Å². The number of halogens is 1. The van der Waals surface area contributed by atoms with Gasteiger partial charge in [-0.3, -0.25) is 9.59 Å². The van der Waals surface area contributed by atoms with Crippen LogP contribution in [0.4, 0.5) is 4.39 Å². The third-order valence-electron chi connectivity index (χ3n) is 4.17. The zero-order valence-corrected chi connectivity index (χ0v) is 13.1. The minimum atomic E-state index is -0.261. The number of carbonyl (C=O) groups is 2. The van der Waals surface area contributed by atoms with E-state index in [2.05, 4.69) is 5.32 Å². The van der Waals surface area contributed by atoms with Gasteiger partial charge in [-0.1, -0.05) is 19.1 Å². The Morgan fingerprint density at radius 2 is 2.09 bits per heavy atom. The normalized spacial score (nSPS) is 19.3. The number of likely N-dealkylation sites (tertiary alicyclic amines) is 1. The average Bonchev–Trinajstić information content (AvgIpc) is 2.88. The number of carbonyl (C=O) groups excluding carboxylic acids is 2. The summed E-state index contributed by atoms with van der Waals surface area (Å²) in [7, 11) is 0. The summed E-state index contributed by atoms with van der Waals surface area (Å²) >= 11 is 0. The average molecular weight is 306 g/mol. The van der Waals surface area contributed by atoms with E-state index < -0.39 is 0 Å². The largest absolute Gasteiger partial charge is 0.353 e. The minimum Gasteiger partial charge on any atom is -0.353 e. The van der Waals surface area contributed by atoms with Crippen LogP contribution in [0, 0.1) is 11.7 Å². The predicted octanol–water partition coefficient (Wildman–Crippen LogP) is 2.13. The fourth-order valence-corrected chi connectivity index (χ4v) is 2.54. The summed E-state index contributed by atoms with van der Waals surface area (Å²) in [6, 6.07) is 6.43. The summed E-state index contributed by atoms with van der Waals surface area (Å²) in [5.74, 6) is -0.532. The second-order valence-electron chi connectivity index (χ2n) is 5.94. The molecule has 0 bridgehead atoms. The number of benzene rings is 1. The van der Waals surface area contributed by atoms with Crippen LogP contribution >= 0.6 is 0 Å². The maximum absolute atomic E-state index is 12.9. The third kappa shape index (κ3) is 4.29. The van der Waals surface area contributed by atoms with Gasteiger partial charge in [0.1, 0.15) is 5.82 Å². The quantitative estimate of drug-likeness (QED) is 0.875. The molecule has 22 heavy (non-hydrogen) atoms. The maximum Gasteiger partial charge on any atom is 0.225 e. The van der Waals surface area contributed by atoms with Gasteiger partial charge in [0.25, 0.3) is 0 Å². The number of hydrogen-bond donors (Lipinski definition) is 1. The molecule has 1 aromatic carbocycles. The Hall–Kier alpha value is -1.91. The van der Waals surface area contributed by atoms with Crippen LogP contribution in [0.5, 0.6) is 0 Å². The molecule has 2 amide bonds. The van der Waals surface area contributed by atoms with Crippen LogP contribution in [0.1, 0.15) is 32.3 Å². The first-order chi connectivity index (χ1) is 10.5. The van der Waals surface area contributed by atoms with Gasteiger partial charge in [0.15, 0.2) is 0 Å². The van der Waals surface area contributed by atoms with E-state index >= 15 is 0 Å². The van der Waals surface area contributed by atoms with Gasteiger partial charge in [-0.2, -0.15) is 0 Å². The van der Waals surface area contributed by atoms with Gasteiger partial charge in [0.05, 0.1) is 5.92 Å². The summed E-state index contributed by atoms with van der Waals surface area (Å²) in [5.41, 5.74) is 0.988. The molecule has 1 saturated heterocycles. The highest BCUT2D eigenvalue weighted by atomic mass is 19.1. The van der Waals surface area contributed by atoms with Gasteiger partial charge in [0.2, 0.25) is 11.8 Å². The van der Waals surface area contributed by atoms with Crippen LogP contribution in [0.3, 0.4) is 0 Å². The van der Waals surface area contributed by atoms with Crippen LogP contribution in [-0.4, -0.2) is 35.8 Å². The first-order valence-electron chi connectivity index (χ1n) is 7.82. The molecule has 0 radical (unpaired) electrons. The number of rotatable bonds is 6. The molecular formula is C17H23FN2O2. The Balaban J connectivity index is 1.84. The number of amides is 2. The van der Waals surface area contributed by atoms with Crippen LogP contribution in [0.15, 0.2) is 24.3 Å². The molecule has 1 aliphatic heterocycles. The van der Waals surface area contributed by atoms with E-state index in [0.717, 1.165) is 12.0 Å². The van der Waals surface area contributed by atoms with Crippen molar-refractivity contribution in [3.05, 3.63) is 35.6 Å². The summed E-state index contributed by atoms with van der Waals surface area (Å²) < 4.78 is 12.9. The van der Waals surface area contributed by atoms with E-state index in [1.165, 1.54) is 12.1 Å². The Labute approximate surface area is 130 Å². The lowest BCUT2D eigenvalue weighted by molar-refractivity contribution is -0.129. The van der Waals surface area contributed by atoms with Crippen molar-refractivity contribution in [3.63, 3.8) is 0 Å². The molecule has 0 aliphatic carbocycles. The molecule has 0 spiro atoms. The first kappa shape index (κ1) is 16.5. The van der Waals surface area contributed by atoms with Gasteiger partial charge in [0, 0.05) is 25.6 Å². The van der Waals surface area contributed by atoms with Crippen molar-refractivity contribution in [2.45, 2.75) is 39.2 Å². The predicted molar refractivity (Wildman–Crippen MR) is 82.7 cm³/mol. The monoisotopic (exact) mass is 306 g/mol. The highest BCUT2D eigenvalue weighted by Gasteiger charge is 2.34. The van der Waals surface area contributed by atoms with Crippen molar-refractivity contribution in [2.75, 3.05) is 13.1 Å². The number of nitrogens with zero attached hydrogens (tertiary/aromatic N) is 1. The molecule has 2 atom stereocenters. The van der Waals surface area contributed by atoms with Crippen molar-refractivity contribution >= 4 is 11.8 Å². The van der Waals surface area contributed by atoms with Crippen molar-refractivity contribution in [1.82, 2.24) is 10.2 Å². The van der Waals surface area contributed by atoms with E-state index in [1.807, 2.05) is 13.8 Å². The molecule has 1 N–H and O–H groups in total. The Kier molecular flexibility index (Phi) is 5.52. The first-order valence-corrected chi connectivity index (χ1v) is 7.82. The second kappa shape index (κ2) is 7.38. The topological polar surface area (TPSA) is 49.4 Å². The molecular weight excluding hydrogens is 283 g/mol. The maximum atomic E-state index is 12.9. The van der Waals surface area contributed by atoms with E-state index in [9.17, 15) is 14.0 Å².